The second-order valence-electron chi connectivity index (χ2n) is 9.07. The lowest BCUT2D eigenvalue weighted by molar-refractivity contribution is 0.348. The minimum absolute atomic E-state index is 0.649. The Hall–Kier alpha value is -4.44. The summed E-state index contributed by atoms with van der Waals surface area (Å²) in [5.74, 6) is 1.46. The third-order valence-corrected chi connectivity index (χ3v) is 6.90. The molecular formula is C32H24N2O2. The van der Waals surface area contributed by atoms with Crippen molar-refractivity contribution >= 4 is 33.3 Å². The summed E-state index contributed by atoms with van der Waals surface area (Å²) in [4.78, 5) is 9.07. The molecule has 4 heteroatoms. The average molecular weight is 469 g/mol. The second-order valence-corrected chi connectivity index (χ2v) is 9.07. The smallest absolute Gasteiger partial charge is 0.216 e. The Kier molecular flexibility index (Phi) is 5.02. The minimum atomic E-state index is 0.649. The average Bonchev–Trinajstić information content (AvgIpc) is 3.67. The van der Waals surface area contributed by atoms with Gasteiger partial charge in [-0.2, -0.15) is 0 Å². The van der Waals surface area contributed by atoms with E-state index in [0.29, 0.717) is 13.2 Å². The highest BCUT2D eigenvalue weighted by Crippen LogP contribution is 2.43. The van der Waals surface area contributed by atoms with Crippen LogP contribution in [-0.4, -0.2) is 38.1 Å². The Morgan fingerprint density at radius 3 is 1.19 bits per heavy atom. The van der Waals surface area contributed by atoms with Gasteiger partial charge in [0, 0.05) is 11.1 Å². The highest BCUT2D eigenvalue weighted by Gasteiger charge is 2.19. The molecule has 36 heavy (non-hydrogen) atoms. The molecule has 2 heterocycles. The van der Waals surface area contributed by atoms with E-state index in [1.54, 1.807) is 0 Å². The van der Waals surface area contributed by atoms with Crippen LogP contribution in [0.2, 0.25) is 0 Å². The third-order valence-electron chi connectivity index (χ3n) is 6.90. The van der Waals surface area contributed by atoms with Gasteiger partial charge in [-0.05, 0) is 68.1 Å². The van der Waals surface area contributed by atoms with Crippen LogP contribution in [-0.2, 0) is 9.47 Å². The van der Waals surface area contributed by atoms with Crippen molar-refractivity contribution in [2.24, 2.45) is 9.98 Å². The van der Waals surface area contributed by atoms with Gasteiger partial charge in [0.25, 0.3) is 0 Å². The lowest BCUT2D eigenvalue weighted by atomic mass is 9.85. The van der Waals surface area contributed by atoms with Gasteiger partial charge in [0.15, 0.2) is 0 Å². The summed E-state index contributed by atoms with van der Waals surface area (Å²) in [6.07, 6.45) is 0. The summed E-state index contributed by atoms with van der Waals surface area (Å²) in [6, 6.07) is 34.5. The molecule has 0 bridgehead atoms. The molecule has 0 unspecified atom stereocenters. The Labute approximate surface area is 209 Å². The molecule has 174 valence electrons. The van der Waals surface area contributed by atoms with E-state index < -0.39 is 0 Å². The van der Waals surface area contributed by atoms with Gasteiger partial charge in [0.2, 0.25) is 11.8 Å². The quantitative estimate of drug-likeness (QED) is 0.270. The zero-order valence-electron chi connectivity index (χ0n) is 19.8. The molecule has 0 atom stereocenters. The van der Waals surface area contributed by atoms with Crippen molar-refractivity contribution < 1.29 is 9.47 Å². The highest BCUT2D eigenvalue weighted by atomic mass is 16.5. The van der Waals surface area contributed by atoms with Gasteiger partial charge in [-0.25, -0.2) is 9.98 Å². The standard InChI is InChI=1S/C32H24N2O2/c1-2-12-26-25(11-1)29(21-7-5-9-23(19-21)31-33-15-17-35-31)27-13-3-4-14-28(27)30(26)22-8-6-10-24(20-22)32-34-16-18-36-32/h1-14,19-20H,15-18H2. The van der Waals surface area contributed by atoms with Gasteiger partial charge >= 0.3 is 0 Å². The Balaban J connectivity index is 1.51. The number of nitrogens with zero attached hydrogens (tertiary/aromatic N) is 2. The molecule has 0 N–H and O–H groups in total. The number of fused-ring (bicyclic) bond motifs is 2. The second kappa shape index (κ2) is 8.65. The largest absolute Gasteiger partial charge is 0.476 e. The van der Waals surface area contributed by atoms with E-state index in [4.69, 9.17) is 9.47 Å². The topological polar surface area (TPSA) is 43.2 Å². The van der Waals surface area contributed by atoms with E-state index in [2.05, 4.69) is 107 Å². The van der Waals surface area contributed by atoms with Crippen molar-refractivity contribution in [2.75, 3.05) is 26.3 Å². The van der Waals surface area contributed by atoms with Crippen molar-refractivity contribution in [2.45, 2.75) is 0 Å². The fourth-order valence-electron chi connectivity index (χ4n) is 5.39. The number of ether oxygens (including phenoxy) is 2. The van der Waals surface area contributed by atoms with Gasteiger partial charge in [-0.1, -0.05) is 72.8 Å². The van der Waals surface area contributed by atoms with Crippen molar-refractivity contribution in [1.82, 2.24) is 0 Å². The normalized spacial score (nSPS) is 15.0. The minimum Gasteiger partial charge on any atom is -0.476 e. The van der Waals surface area contributed by atoms with Gasteiger partial charge in [-0.3, -0.25) is 0 Å². The molecule has 5 aromatic carbocycles. The monoisotopic (exact) mass is 468 g/mol. The zero-order chi connectivity index (χ0) is 23.9. The van der Waals surface area contributed by atoms with Gasteiger partial charge in [0.05, 0.1) is 13.1 Å². The Morgan fingerprint density at radius 2 is 0.833 bits per heavy atom. The predicted molar refractivity (Wildman–Crippen MR) is 147 cm³/mol. The molecule has 2 aliphatic heterocycles. The molecule has 7 rings (SSSR count). The molecule has 0 aliphatic carbocycles. The van der Waals surface area contributed by atoms with E-state index in [0.717, 1.165) is 47.1 Å². The molecule has 2 aliphatic rings. The molecule has 0 fully saturated rings. The van der Waals surface area contributed by atoms with Crippen LogP contribution in [0.5, 0.6) is 0 Å². The molecule has 0 amide bonds. The maximum Gasteiger partial charge on any atom is 0.216 e. The number of hydrogen-bond acceptors (Lipinski definition) is 4. The molecule has 4 nitrogen and oxygen atoms in total. The van der Waals surface area contributed by atoms with Crippen LogP contribution >= 0.6 is 0 Å². The van der Waals surface area contributed by atoms with Crippen LogP contribution in [0.1, 0.15) is 11.1 Å². The van der Waals surface area contributed by atoms with E-state index in [1.165, 1.54) is 32.7 Å². The summed E-state index contributed by atoms with van der Waals surface area (Å²) in [5, 5.41) is 4.88. The molecule has 5 aromatic rings. The Bertz CT molecular complexity index is 1520. The summed E-state index contributed by atoms with van der Waals surface area (Å²) in [5.41, 5.74) is 6.81. The first-order valence-corrected chi connectivity index (χ1v) is 12.4. The highest BCUT2D eigenvalue weighted by molar-refractivity contribution is 6.21. The summed E-state index contributed by atoms with van der Waals surface area (Å²) >= 11 is 0. The third kappa shape index (κ3) is 3.45. The van der Waals surface area contributed by atoms with Gasteiger partial charge in [-0.15, -0.1) is 0 Å². The first kappa shape index (κ1) is 20.9. The summed E-state index contributed by atoms with van der Waals surface area (Å²) < 4.78 is 11.5. The van der Waals surface area contributed by atoms with Crippen molar-refractivity contribution in [3.63, 3.8) is 0 Å². The fraction of sp³-hybridized carbons (Fsp3) is 0.125. The van der Waals surface area contributed by atoms with Crippen molar-refractivity contribution in [3.05, 3.63) is 108 Å². The first-order chi connectivity index (χ1) is 17.9. The number of benzene rings is 5. The van der Waals surface area contributed by atoms with Crippen LogP contribution in [0.15, 0.2) is 107 Å². The predicted octanol–water partition coefficient (Wildman–Crippen LogP) is 6.88. The van der Waals surface area contributed by atoms with E-state index in [9.17, 15) is 0 Å². The lowest BCUT2D eigenvalue weighted by Crippen LogP contribution is -2.01. The van der Waals surface area contributed by atoms with Crippen LogP contribution in [0, 0.1) is 0 Å². The van der Waals surface area contributed by atoms with Crippen molar-refractivity contribution in [1.29, 1.82) is 0 Å². The van der Waals surface area contributed by atoms with Crippen molar-refractivity contribution in [3.8, 4) is 22.3 Å². The van der Waals surface area contributed by atoms with Gasteiger partial charge in [0.1, 0.15) is 13.2 Å². The molecular weight excluding hydrogens is 444 g/mol. The number of rotatable bonds is 4. The first-order valence-electron chi connectivity index (χ1n) is 12.4. The van der Waals surface area contributed by atoms with E-state index in [-0.39, 0.29) is 0 Å². The molecule has 0 spiro atoms. The molecule has 0 saturated carbocycles. The Morgan fingerprint density at radius 1 is 0.444 bits per heavy atom. The summed E-state index contributed by atoms with van der Waals surface area (Å²) in [6.45, 7) is 2.74. The van der Waals surface area contributed by atoms with E-state index in [1.807, 2.05) is 0 Å². The van der Waals surface area contributed by atoms with Crippen LogP contribution < -0.4 is 0 Å². The fourth-order valence-corrected chi connectivity index (χ4v) is 5.39. The van der Waals surface area contributed by atoms with Gasteiger partial charge < -0.3 is 9.47 Å². The van der Waals surface area contributed by atoms with Crippen LogP contribution in [0.3, 0.4) is 0 Å². The molecule has 0 aromatic heterocycles. The zero-order valence-corrected chi connectivity index (χ0v) is 19.8. The van der Waals surface area contributed by atoms with E-state index >= 15 is 0 Å². The number of aliphatic imine (C=N–C) groups is 2. The van der Waals surface area contributed by atoms with Crippen LogP contribution in [0.4, 0.5) is 0 Å². The molecule has 0 saturated heterocycles. The van der Waals surface area contributed by atoms with Crippen LogP contribution in [0.25, 0.3) is 43.8 Å². The lowest BCUT2D eigenvalue weighted by Gasteiger charge is -2.18. The number of hydrogen-bond donors (Lipinski definition) is 0. The summed E-state index contributed by atoms with van der Waals surface area (Å²) in [7, 11) is 0. The maximum absolute atomic E-state index is 5.77. The molecule has 0 radical (unpaired) electrons. The maximum atomic E-state index is 5.77. The SMILES string of the molecule is c1cc(C2=NCCO2)cc(-c2c3ccccc3c(-c3cccc(C4=NCCO4)c3)c3ccccc23)c1.